The summed E-state index contributed by atoms with van der Waals surface area (Å²) in [5.41, 5.74) is 1.86. The number of rotatable bonds is 3. The van der Waals surface area contributed by atoms with Crippen LogP contribution in [0.3, 0.4) is 0 Å². The average molecular weight is 214 g/mol. The normalized spacial score (nSPS) is 10.1. The van der Waals surface area contributed by atoms with Crippen molar-refractivity contribution in [3.8, 4) is 11.4 Å². The first-order valence-electron chi connectivity index (χ1n) is 5.32. The predicted molar refractivity (Wildman–Crippen MR) is 64.2 cm³/mol. The Bertz CT molecular complexity index is 468. The Kier molecular flexibility index (Phi) is 3.10. The van der Waals surface area contributed by atoms with Gasteiger partial charge in [-0.15, -0.1) is 10.2 Å². The summed E-state index contributed by atoms with van der Waals surface area (Å²) in [6, 6.07) is 9.85. The molecule has 2 rings (SSSR count). The zero-order chi connectivity index (χ0) is 11.4. The van der Waals surface area contributed by atoms with Crippen molar-refractivity contribution < 1.29 is 0 Å². The average Bonchev–Trinajstić information content (AvgIpc) is 2.33. The summed E-state index contributed by atoms with van der Waals surface area (Å²) in [5, 5.41) is 11.3. The highest BCUT2D eigenvalue weighted by atomic mass is 15.2. The lowest BCUT2D eigenvalue weighted by molar-refractivity contribution is 0.941. The van der Waals surface area contributed by atoms with E-state index in [2.05, 4.69) is 20.5 Å². The summed E-state index contributed by atoms with van der Waals surface area (Å²) in [6.07, 6.45) is 0. The zero-order valence-electron chi connectivity index (χ0n) is 9.44. The maximum atomic E-state index is 4.43. The fourth-order valence-electron chi connectivity index (χ4n) is 1.44. The molecule has 82 valence electrons. The number of hydrogen-bond donors (Lipinski definition) is 1. The third-order valence-electron chi connectivity index (χ3n) is 2.24. The monoisotopic (exact) mass is 214 g/mol. The van der Waals surface area contributed by atoms with Crippen LogP contribution in [-0.2, 0) is 0 Å². The smallest absolute Gasteiger partial charge is 0.182 e. The van der Waals surface area contributed by atoms with Crippen molar-refractivity contribution in [2.75, 3.05) is 11.9 Å². The molecule has 16 heavy (non-hydrogen) atoms. The van der Waals surface area contributed by atoms with Crippen LogP contribution in [-0.4, -0.2) is 21.7 Å². The van der Waals surface area contributed by atoms with Gasteiger partial charge in [-0.25, -0.2) is 4.98 Å². The molecule has 1 N–H and O–H groups in total. The molecule has 0 unspecified atom stereocenters. The van der Waals surface area contributed by atoms with Crippen LogP contribution in [0.2, 0.25) is 0 Å². The van der Waals surface area contributed by atoms with Crippen LogP contribution in [0.15, 0.2) is 30.3 Å². The van der Waals surface area contributed by atoms with Crippen LogP contribution in [0.4, 0.5) is 5.82 Å². The Morgan fingerprint density at radius 2 is 1.88 bits per heavy atom. The van der Waals surface area contributed by atoms with Gasteiger partial charge in [0.25, 0.3) is 0 Å². The number of nitrogens with one attached hydrogen (secondary N) is 1. The van der Waals surface area contributed by atoms with Crippen molar-refractivity contribution in [2.45, 2.75) is 13.8 Å². The molecule has 0 aliphatic carbocycles. The quantitative estimate of drug-likeness (QED) is 0.851. The number of aryl methyl sites for hydroxylation is 1. The van der Waals surface area contributed by atoms with E-state index >= 15 is 0 Å². The van der Waals surface area contributed by atoms with E-state index in [0.717, 1.165) is 23.6 Å². The molecular weight excluding hydrogens is 200 g/mol. The first-order chi connectivity index (χ1) is 7.81. The van der Waals surface area contributed by atoms with Gasteiger partial charge in [0.2, 0.25) is 0 Å². The molecule has 0 aliphatic rings. The molecule has 1 aromatic carbocycles. The molecule has 1 heterocycles. The van der Waals surface area contributed by atoms with Gasteiger partial charge in [-0.2, -0.15) is 0 Å². The Morgan fingerprint density at radius 3 is 2.50 bits per heavy atom. The molecule has 4 nitrogen and oxygen atoms in total. The second-order valence-electron chi connectivity index (χ2n) is 3.47. The van der Waals surface area contributed by atoms with E-state index in [0.29, 0.717) is 5.82 Å². The van der Waals surface area contributed by atoms with Crippen molar-refractivity contribution in [3.63, 3.8) is 0 Å². The van der Waals surface area contributed by atoms with Crippen molar-refractivity contribution >= 4 is 5.82 Å². The fraction of sp³-hybridized carbons (Fsp3) is 0.250. The van der Waals surface area contributed by atoms with Gasteiger partial charge in [0.15, 0.2) is 11.6 Å². The van der Waals surface area contributed by atoms with Gasteiger partial charge in [-0.05, 0) is 13.8 Å². The fourth-order valence-corrected chi connectivity index (χ4v) is 1.44. The molecule has 0 saturated carbocycles. The van der Waals surface area contributed by atoms with Gasteiger partial charge in [0.05, 0.1) is 5.69 Å². The Morgan fingerprint density at radius 1 is 1.12 bits per heavy atom. The van der Waals surface area contributed by atoms with E-state index in [4.69, 9.17) is 0 Å². The molecule has 0 saturated heterocycles. The summed E-state index contributed by atoms with van der Waals surface area (Å²) < 4.78 is 0. The molecule has 0 spiro atoms. The second-order valence-corrected chi connectivity index (χ2v) is 3.47. The van der Waals surface area contributed by atoms with E-state index in [1.54, 1.807) is 0 Å². The molecule has 4 heteroatoms. The highest BCUT2D eigenvalue weighted by Crippen LogP contribution is 2.15. The van der Waals surface area contributed by atoms with Crippen LogP contribution in [0, 0.1) is 6.92 Å². The second kappa shape index (κ2) is 4.70. The number of anilines is 1. The summed E-state index contributed by atoms with van der Waals surface area (Å²) in [5.74, 6) is 1.42. The Balaban J connectivity index is 2.35. The highest BCUT2D eigenvalue weighted by molar-refractivity contribution is 5.55. The molecule has 0 fully saturated rings. The van der Waals surface area contributed by atoms with Crippen molar-refractivity contribution in [1.29, 1.82) is 0 Å². The number of nitrogens with zero attached hydrogens (tertiary/aromatic N) is 3. The zero-order valence-corrected chi connectivity index (χ0v) is 9.44. The topological polar surface area (TPSA) is 50.7 Å². The van der Waals surface area contributed by atoms with Crippen molar-refractivity contribution in [1.82, 2.24) is 15.2 Å². The van der Waals surface area contributed by atoms with Crippen molar-refractivity contribution in [3.05, 3.63) is 36.0 Å². The SMILES string of the molecule is CCNc1nnc(-c2ccccc2)nc1C. The first-order valence-corrected chi connectivity index (χ1v) is 5.32. The number of aromatic nitrogens is 3. The molecule has 0 radical (unpaired) electrons. The van der Waals surface area contributed by atoms with Gasteiger partial charge in [-0.1, -0.05) is 30.3 Å². The van der Waals surface area contributed by atoms with Gasteiger partial charge in [0.1, 0.15) is 0 Å². The minimum atomic E-state index is 0.666. The largest absolute Gasteiger partial charge is 0.367 e. The predicted octanol–water partition coefficient (Wildman–Crippen LogP) is 2.28. The van der Waals surface area contributed by atoms with Crippen LogP contribution in [0.5, 0.6) is 0 Å². The van der Waals surface area contributed by atoms with Crippen LogP contribution in [0.25, 0.3) is 11.4 Å². The molecule has 0 bridgehead atoms. The maximum Gasteiger partial charge on any atom is 0.182 e. The van der Waals surface area contributed by atoms with Gasteiger partial charge in [0, 0.05) is 12.1 Å². The standard InChI is InChI=1S/C12H14N4/c1-3-13-11-9(2)14-12(16-15-11)10-7-5-4-6-8-10/h4-8H,3H2,1-2H3,(H,13,15). The third-order valence-corrected chi connectivity index (χ3v) is 2.24. The van der Waals surface area contributed by atoms with Gasteiger partial charge in [-0.3, -0.25) is 0 Å². The molecule has 0 amide bonds. The molecular formula is C12H14N4. The van der Waals surface area contributed by atoms with E-state index in [9.17, 15) is 0 Å². The first kappa shape index (κ1) is 10.5. The van der Waals surface area contributed by atoms with Crippen LogP contribution >= 0.6 is 0 Å². The lowest BCUT2D eigenvalue weighted by atomic mass is 10.2. The number of benzene rings is 1. The summed E-state index contributed by atoms with van der Waals surface area (Å²) in [6.45, 7) is 4.77. The molecule has 2 aromatic rings. The number of hydrogen-bond acceptors (Lipinski definition) is 4. The third kappa shape index (κ3) is 2.16. The van der Waals surface area contributed by atoms with E-state index in [1.165, 1.54) is 0 Å². The summed E-state index contributed by atoms with van der Waals surface area (Å²) >= 11 is 0. The lowest BCUT2D eigenvalue weighted by Gasteiger charge is -2.05. The van der Waals surface area contributed by atoms with Gasteiger partial charge >= 0.3 is 0 Å². The lowest BCUT2D eigenvalue weighted by Crippen LogP contribution is -2.05. The maximum absolute atomic E-state index is 4.43. The highest BCUT2D eigenvalue weighted by Gasteiger charge is 2.05. The molecule has 0 aliphatic heterocycles. The summed E-state index contributed by atoms with van der Waals surface area (Å²) in [4.78, 5) is 4.43. The van der Waals surface area contributed by atoms with E-state index in [1.807, 2.05) is 44.2 Å². The molecule has 1 aromatic heterocycles. The van der Waals surface area contributed by atoms with Gasteiger partial charge < -0.3 is 5.32 Å². The minimum Gasteiger partial charge on any atom is -0.367 e. The minimum absolute atomic E-state index is 0.666. The van der Waals surface area contributed by atoms with E-state index in [-0.39, 0.29) is 0 Å². The van der Waals surface area contributed by atoms with Crippen LogP contribution in [0.1, 0.15) is 12.6 Å². The Hall–Kier alpha value is -1.97. The Labute approximate surface area is 94.8 Å². The van der Waals surface area contributed by atoms with Crippen LogP contribution < -0.4 is 5.32 Å². The summed E-state index contributed by atoms with van der Waals surface area (Å²) in [7, 11) is 0. The van der Waals surface area contributed by atoms with Crippen molar-refractivity contribution in [2.24, 2.45) is 0 Å². The van der Waals surface area contributed by atoms with E-state index < -0.39 is 0 Å². The molecule has 0 atom stereocenters.